The second-order valence-corrected chi connectivity index (χ2v) is 7.10. The lowest BCUT2D eigenvalue weighted by Gasteiger charge is -2.33. The Bertz CT molecular complexity index is 999. The van der Waals surface area contributed by atoms with Crippen LogP contribution in [0.1, 0.15) is 50.5 Å². The summed E-state index contributed by atoms with van der Waals surface area (Å²) >= 11 is 0. The van der Waals surface area contributed by atoms with Crippen LogP contribution in [-0.2, 0) is 4.74 Å². The van der Waals surface area contributed by atoms with Gasteiger partial charge in [0.25, 0.3) is 0 Å². The highest BCUT2D eigenvalue weighted by Crippen LogP contribution is 2.44. The minimum Gasteiger partial charge on any atom is -0.449 e. The summed E-state index contributed by atoms with van der Waals surface area (Å²) in [6, 6.07) is 0.272. The third kappa shape index (κ3) is 2.76. The molecule has 6 heteroatoms. The number of aromatic nitrogens is 3. The van der Waals surface area contributed by atoms with E-state index >= 15 is 0 Å². The summed E-state index contributed by atoms with van der Waals surface area (Å²) in [5.41, 5.74) is 5.06. The maximum atomic E-state index is 5.73. The Morgan fingerprint density at radius 3 is 2.74 bits per heavy atom. The van der Waals surface area contributed by atoms with Gasteiger partial charge in [-0.15, -0.1) is 5.73 Å². The standard InChI is InChI=1S/C21H19N4O2.H2/c1-2-14-3-6-19(16-4-5-17(16)21-22-9-12-27-21)24-20-18(14)13-23-25(20)15-7-10-26-11-8-15;/h1,9,12-13,15-17H,4-5,7-8,10-11H2;1H/t2?,16-,17-;/m1./s1. The van der Waals surface area contributed by atoms with Gasteiger partial charge in [-0.1, -0.05) is 5.92 Å². The molecular weight excluding hydrogens is 340 g/mol. The normalized spacial score (nSPS) is 24.7. The first kappa shape index (κ1) is 16.3. The van der Waals surface area contributed by atoms with Crippen LogP contribution >= 0.6 is 0 Å². The Morgan fingerprint density at radius 1 is 1.19 bits per heavy atom. The fourth-order valence-electron chi connectivity index (χ4n) is 4.01. The van der Waals surface area contributed by atoms with Crippen LogP contribution in [-0.4, -0.2) is 33.7 Å². The molecule has 0 bridgehead atoms. The van der Waals surface area contributed by atoms with Gasteiger partial charge in [0.2, 0.25) is 0 Å². The van der Waals surface area contributed by atoms with Crippen LogP contribution in [0.5, 0.6) is 0 Å². The van der Waals surface area contributed by atoms with E-state index in [9.17, 15) is 0 Å². The van der Waals surface area contributed by atoms with E-state index in [1.54, 1.807) is 18.7 Å². The smallest absolute Gasteiger partial charge is 0.197 e. The molecule has 0 unspecified atom stereocenters. The van der Waals surface area contributed by atoms with Crippen LogP contribution in [0.3, 0.4) is 0 Å². The maximum Gasteiger partial charge on any atom is 0.197 e. The minimum absolute atomic E-state index is 0. The largest absolute Gasteiger partial charge is 0.449 e. The van der Waals surface area contributed by atoms with E-state index in [1.807, 2.05) is 4.68 Å². The van der Waals surface area contributed by atoms with E-state index in [-0.39, 0.29) is 19.3 Å². The van der Waals surface area contributed by atoms with Crippen LogP contribution in [0.4, 0.5) is 5.82 Å². The van der Waals surface area contributed by atoms with Crippen LogP contribution in [0.25, 0.3) is 5.57 Å². The first-order valence-electron chi connectivity index (χ1n) is 9.34. The molecule has 5 rings (SSSR count). The van der Waals surface area contributed by atoms with Gasteiger partial charge in [0.1, 0.15) is 6.26 Å². The van der Waals surface area contributed by atoms with Gasteiger partial charge < -0.3 is 9.15 Å². The van der Waals surface area contributed by atoms with Crippen molar-refractivity contribution in [2.24, 2.45) is 10.9 Å². The van der Waals surface area contributed by atoms with Crippen LogP contribution in [0, 0.1) is 24.3 Å². The van der Waals surface area contributed by atoms with E-state index in [0.717, 1.165) is 61.9 Å². The molecule has 2 aromatic rings. The zero-order valence-electron chi connectivity index (χ0n) is 14.9. The first-order valence-corrected chi connectivity index (χ1v) is 9.34. The van der Waals surface area contributed by atoms with Crippen molar-refractivity contribution in [1.29, 1.82) is 0 Å². The van der Waals surface area contributed by atoms with Gasteiger partial charge in [-0.2, -0.15) is 5.10 Å². The van der Waals surface area contributed by atoms with Crippen molar-refractivity contribution in [2.75, 3.05) is 13.2 Å². The quantitative estimate of drug-likeness (QED) is 0.617. The number of allylic oxidation sites excluding steroid dienone is 1. The number of ether oxygens (including phenoxy) is 1. The van der Waals surface area contributed by atoms with E-state index < -0.39 is 0 Å². The molecule has 1 saturated heterocycles. The molecule has 0 aromatic carbocycles. The summed E-state index contributed by atoms with van der Waals surface area (Å²) < 4.78 is 13.0. The van der Waals surface area contributed by atoms with E-state index in [1.165, 1.54) is 0 Å². The molecule has 1 saturated carbocycles. The third-order valence-electron chi connectivity index (χ3n) is 5.66. The van der Waals surface area contributed by atoms with E-state index in [4.69, 9.17) is 20.7 Å². The highest BCUT2D eigenvalue weighted by Gasteiger charge is 2.39. The van der Waals surface area contributed by atoms with Gasteiger partial charge in [-0.25, -0.2) is 14.7 Å². The lowest BCUT2D eigenvalue weighted by atomic mass is 9.71. The molecule has 1 radical (unpaired) electrons. The predicted octanol–water partition coefficient (Wildman–Crippen LogP) is 3.72. The molecule has 6 nitrogen and oxygen atoms in total. The van der Waals surface area contributed by atoms with Crippen molar-refractivity contribution in [3.63, 3.8) is 0 Å². The summed E-state index contributed by atoms with van der Waals surface area (Å²) in [4.78, 5) is 9.30. The summed E-state index contributed by atoms with van der Waals surface area (Å²) in [5, 5.41) is 4.61. The summed E-state index contributed by atoms with van der Waals surface area (Å²) in [5.74, 6) is 8.37. The zero-order valence-corrected chi connectivity index (χ0v) is 14.9. The Labute approximate surface area is 159 Å². The van der Waals surface area contributed by atoms with Gasteiger partial charge in [-0.3, -0.25) is 0 Å². The van der Waals surface area contributed by atoms with Crippen molar-refractivity contribution < 1.29 is 10.6 Å². The number of hydrogen-bond acceptors (Lipinski definition) is 5. The van der Waals surface area contributed by atoms with E-state index in [2.05, 4.69) is 27.7 Å². The van der Waals surface area contributed by atoms with Crippen molar-refractivity contribution >= 4 is 17.1 Å². The van der Waals surface area contributed by atoms with Crippen molar-refractivity contribution in [2.45, 2.75) is 37.6 Å². The zero-order chi connectivity index (χ0) is 18.2. The SMILES string of the molecule is [CH]=C=C1C#CC([C@@H]2CC[C@H]2c2ncco2)=Nc2c1cnn2C1CCOCC1.[HH]. The molecule has 4 heterocycles. The lowest BCUT2D eigenvalue weighted by molar-refractivity contribution is 0.0667. The molecule has 27 heavy (non-hydrogen) atoms. The minimum atomic E-state index is 0. The van der Waals surface area contributed by atoms with Crippen molar-refractivity contribution in [3.8, 4) is 11.8 Å². The number of oxazole rings is 1. The molecule has 2 atom stereocenters. The monoisotopic (exact) mass is 361 g/mol. The average molecular weight is 361 g/mol. The molecule has 1 aliphatic carbocycles. The second-order valence-electron chi connectivity index (χ2n) is 7.10. The van der Waals surface area contributed by atoms with Gasteiger partial charge in [0.05, 0.1) is 35.3 Å². The van der Waals surface area contributed by atoms with Crippen LogP contribution in [0.15, 0.2) is 33.8 Å². The fourth-order valence-corrected chi connectivity index (χ4v) is 4.01. The topological polar surface area (TPSA) is 65.4 Å². The lowest BCUT2D eigenvalue weighted by Crippen LogP contribution is -2.31. The molecular formula is C21H21N4O2. The molecule has 0 spiro atoms. The molecule has 2 aliphatic heterocycles. The molecule has 0 amide bonds. The Morgan fingerprint density at radius 2 is 2.04 bits per heavy atom. The summed E-state index contributed by atoms with van der Waals surface area (Å²) in [6.07, 6.45) is 9.01. The summed E-state index contributed by atoms with van der Waals surface area (Å²) in [7, 11) is 0. The van der Waals surface area contributed by atoms with Gasteiger partial charge in [0.15, 0.2) is 11.7 Å². The number of nitrogens with zero attached hydrogens (tertiary/aromatic N) is 4. The third-order valence-corrected chi connectivity index (χ3v) is 5.66. The number of fused-ring (bicyclic) bond motifs is 1. The van der Waals surface area contributed by atoms with Crippen molar-refractivity contribution in [1.82, 2.24) is 14.8 Å². The first-order chi connectivity index (χ1) is 13.3. The van der Waals surface area contributed by atoms with Gasteiger partial charge in [-0.05, 0) is 38.2 Å². The summed E-state index contributed by atoms with van der Waals surface area (Å²) in [6.45, 7) is 7.21. The highest BCUT2D eigenvalue weighted by molar-refractivity contribution is 6.08. The molecule has 0 N–H and O–H groups in total. The molecule has 137 valence electrons. The van der Waals surface area contributed by atoms with Crippen LogP contribution in [0.2, 0.25) is 0 Å². The fraction of sp³-hybridized carbons (Fsp3) is 0.429. The number of rotatable bonds is 3. The van der Waals surface area contributed by atoms with Gasteiger partial charge in [0, 0.05) is 26.5 Å². The Balaban J connectivity index is 0.00000192. The second kappa shape index (κ2) is 6.70. The Hall–Kier alpha value is -2.87. The van der Waals surface area contributed by atoms with Crippen molar-refractivity contribution in [3.05, 3.63) is 42.4 Å². The maximum absolute atomic E-state index is 5.73. The average Bonchev–Trinajstić information content (AvgIpc) is 3.29. The number of hydrogen-bond donors (Lipinski definition) is 0. The van der Waals surface area contributed by atoms with E-state index in [0.29, 0.717) is 5.57 Å². The number of aliphatic imine (C=N–C) groups is 1. The van der Waals surface area contributed by atoms with Crippen LogP contribution < -0.4 is 0 Å². The molecule has 2 fully saturated rings. The highest BCUT2D eigenvalue weighted by atomic mass is 16.5. The molecule has 3 aliphatic rings. The Kier molecular flexibility index (Phi) is 4.05. The van der Waals surface area contributed by atoms with Gasteiger partial charge >= 0.3 is 0 Å². The predicted molar refractivity (Wildman–Crippen MR) is 101 cm³/mol. The molecule has 2 aromatic heterocycles.